The van der Waals surface area contributed by atoms with Gasteiger partial charge >= 0.3 is 0 Å². The molecule has 0 spiro atoms. The molecule has 1 aliphatic carbocycles. The van der Waals surface area contributed by atoms with Crippen molar-refractivity contribution in [2.45, 2.75) is 76.9 Å². The molecule has 7 nitrogen and oxygen atoms in total. The SMILES string of the molecule is Cc1ccc([C@@H](C(=O)NC2CCCCC2)N(Cc2ccccc2Cl)C(=O)CCCC(=O)Nc2ccccn2)cc1. The molecule has 2 aromatic carbocycles. The minimum atomic E-state index is -0.825. The molecule has 1 fully saturated rings. The van der Waals surface area contributed by atoms with Gasteiger partial charge in [-0.3, -0.25) is 14.4 Å². The van der Waals surface area contributed by atoms with Crippen LogP contribution in [-0.2, 0) is 20.9 Å². The van der Waals surface area contributed by atoms with E-state index in [1.54, 1.807) is 35.4 Å². The summed E-state index contributed by atoms with van der Waals surface area (Å²) >= 11 is 6.51. The van der Waals surface area contributed by atoms with Gasteiger partial charge in [-0.25, -0.2) is 4.98 Å². The summed E-state index contributed by atoms with van der Waals surface area (Å²) in [5.74, 6) is -0.147. The standard InChI is InChI=1S/C32H37ClN4O3/c1-23-17-19-24(20-18-23)31(32(40)35-26-11-3-2-4-12-26)37(22-25-10-5-6-13-27(25)33)30(39)16-9-15-29(38)36-28-14-7-8-21-34-28/h5-8,10,13-14,17-21,26,31H,2-4,9,11-12,15-16,22H2,1H3,(H,35,40)(H,34,36,38)/t31-/m0/s1. The Morgan fingerprint density at radius 3 is 2.38 bits per heavy atom. The van der Waals surface area contributed by atoms with Gasteiger partial charge < -0.3 is 15.5 Å². The maximum atomic E-state index is 13.9. The number of hydrogen-bond acceptors (Lipinski definition) is 4. The van der Waals surface area contributed by atoms with Crippen molar-refractivity contribution >= 4 is 35.1 Å². The molecule has 2 N–H and O–H groups in total. The van der Waals surface area contributed by atoms with Crippen LogP contribution in [0.15, 0.2) is 72.9 Å². The summed E-state index contributed by atoms with van der Waals surface area (Å²) < 4.78 is 0. The molecule has 210 valence electrons. The van der Waals surface area contributed by atoms with Crippen LogP contribution in [0, 0.1) is 6.92 Å². The zero-order valence-electron chi connectivity index (χ0n) is 22.9. The number of aryl methyl sites for hydroxylation is 1. The van der Waals surface area contributed by atoms with E-state index in [2.05, 4.69) is 15.6 Å². The third-order valence-electron chi connectivity index (χ3n) is 7.25. The van der Waals surface area contributed by atoms with E-state index in [9.17, 15) is 14.4 Å². The molecule has 3 amide bonds. The largest absolute Gasteiger partial charge is 0.351 e. The van der Waals surface area contributed by atoms with Crippen molar-refractivity contribution in [3.63, 3.8) is 0 Å². The predicted octanol–water partition coefficient (Wildman–Crippen LogP) is 6.37. The van der Waals surface area contributed by atoms with Crippen LogP contribution < -0.4 is 10.6 Å². The second-order valence-corrected chi connectivity index (χ2v) is 10.8. The first-order valence-corrected chi connectivity index (χ1v) is 14.4. The number of aromatic nitrogens is 1. The Morgan fingerprint density at radius 2 is 1.68 bits per heavy atom. The smallest absolute Gasteiger partial charge is 0.247 e. The van der Waals surface area contributed by atoms with Crippen LogP contribution in [0.2, 0.25) is 5.02 Å². The highest BCUT2D eigenvalue weighted by Crippen LogP contribution is 2.29. The second kappa shape index (κ2) is 14.6. The van der Waals surface area contributed by atoms with Crippen LogP contribution in [-0.4, -0.2) is 33.6 Å². The molecule has 40 heavy (non-hydrogen) atoms. The minimum Gasteiger partial charge on any atom is -0.351 e. The van der Waals surface area contributed by atoms with Crippen LogP contribution in [0.1, 0.15) is 74.1 Å². The topological polar surface area (TPSA) is 91.4 Å². The Kier molecular flexibility index (Phi) is 10.7. The summed E-state index contributed by atoms with van der Waals surface area (Å²) in [5, 5.41) is 6.52. The van der Waals surface area contributed by atoms with Crippen LogP contribution in [0.3, 0.4) is 0 Å². The number of hydrogen-bond donors (Lipinski definition) is 2. The van der Waals surface area contributed by atoms with Crippen molar-refractivity contribution < 1.29 is 14.4 Å². The molecule has 0 saturated heterocycles. The van der Waals surface area contributed by atoms with E-state index in [1.807, 2.05) is 49.4 Å². The van der Waals surface area contributed by atoms with Gasteiger partial charge in [0.05, 0.1) is 0 Å². The highest BCUT2D eigenvalue weighted by atomic mass is 35.5. The number of carbonyl (C=O) groups is 3. The predicted molar refractivity (Wildman–Crippen MR) is 158 cm³/mol. The lowest BCUT2D eigenvalue weighted by atomic mass is 9.94. The number of benzene rings is 2. The van der Waals surface area contributed by atoms with E-state index in [0.29, 0.717) is 17.3 Å². The van der Waals surface area contributed by atoms with E-state index in [1.165, 1.54) is 6.42 Å². The van der Waals surface area contributed by atoms with Gasteiger partial charge in [-0.05, 0) is 55.5 Å². The second-order valence-electron chi connectivity index (χ2n) is 10.4. The van der Waals surface area contributed by atoms with Crippen LogP contribution in [0.4, 0.5) is 5.82 Å². The van der Waals surface area contributed by atoms with Gasteiger partial charge in [0.1, 0.15) is 11.9 Å². The Labute approximate surface area is 241 Å². The summed E-state index contributed by atoms with van der Waals surface area (Å²) in [6, 6.07) is 19.6. The van der Waals surface area contributed by atoms with E-state index in [0.717, 1.165) is 42.4 Å². The average molecular weight is 561 g/mol. The van der Waals surface area contributed by atoms with E-state index in [-0.39, 0.29) is 43.1 Å². The van der Waals surface area contributed by atoms with Gasteiger partial charge in [-0.2, -0.15) is 0 Å². The lowest BCUT2D eigenvalue weighted by molar-refractivity contribution is -0.142. The Morgan fingerprint density at radius 1 is 0.950 bits per heavy atom. The molecule has 0 unspecified atom stereocenters. The average Bonchev–Trinajstić information content (AvgIpc) is 2.95. The fourth-order valence-corrected chi connectivity index (χ4v) is 5.26. The Bertz CT molecular complexity index is 1280. The van der Waals surface area contributed by atoms with Crippen molar-refractivity contribution in [1.82, 2.24) is 15.2 Å². The van der Waals surface area contributed by atoms with E-state index < -0.39 is 6.04 Å². The van der Waals surface area contributed by atoms with E-state index >= 15 is 0 Å². The van der Waals surface area contributed by atoms with Crippen LogP contribution in [0.5, 0.6) is 0 Å². The van der Waals surface area contributed by atoms with Crippen LogP contribution >= 0.6 is 11.6 Å². The number of amides is 3. The third-order valence-corrected chi connectivity index (χ3v) is 7.62. The number of nitrogens with zero attached hydrogens (tertiary/aromatic N) is 2. The minimum absolute atomic E-state index is 0.0988. The number of nitrogens with one attached hydrogen (secondary N) is 2. The van der Waals surface area contributed by atoms with Gasteiger partial charge in [-0.1, -0.05) is 85.0 Å². The maximum absolute atomic E-state index is 13.9. The first kappa shape index (κ1) is 29.3. The molecular formula is C32H37ClN4O3. The molecule has 0 bridgehead atoms. The summed E-state index contributed by atoms with van der Waals surface area (Å²) in [7, 11) is 0. The van der Waals surface area contributed by atoms with Crippen molar-refractivity contribution in [2.24, 2.45) is 0 Å². The fourth-order valence-electron chi connectivity index (χ4n) is 5.07. The van der Waals surface area contributed by atoms with Gasteiger partial charge in [0.15, 0.2) is 0 Å². The first-order chi connectivity index (χ1) is 19.4. The number of pyridine rings is 1. The number of rotatable bonds is 11. The first-order valence-electron chi connectivity index (χ1n) is 14.0. The zero-order valence-corrected chi connectivity index (χ0v) is 23.7. The molecule has 1 saturated carbocycles. The fraction of sp³-hybridized carbons (Fsp3) is 0.375. The van der Waals surface area contributed by atoms with Crippen molar-refractivity contribution in [2.75, 3.05) is 5.32 Å². The maximum Gasteiger partial charge on any atom is 0.247 e. The van der Waals surface area contributed by atoms with Gasteiger partial charge in [0, 0.05) is 36.6 Å². The molecule has 0 radical (unpaired) electrons. The summed E-state index contributed by atoms with van der Waals surface area (Å²) in [5.41, 5.74) is 2.57. The number of anilines is 1. The van der Waals surface area contributed by atoms with Crippen LogP contribution in [0.25, 0.3) is 0 Å². The summed E-state index contributed by atoms with van der Waals surface area (Å²) in [6.07, 6.45) is 7.44. The lowest BCUT2D eigenvalue weighted by Crippen LogP contribution is -2.46. The van der Waals surface area contributed by atoms with Crippen molar-refractivity contribution in [3.05, 3.63) is 94.6 Å². The highest BCUT2D eigenvalue weighted by molar-refractivity contribution is 6.31. The molecule has 1 heterocycles. The third kappa shape index (κ3) is 8.39. The monoisotopic (exact) mass is 560 g/mol. The van der Waals surface area contributed by atoms with E-state index in [4.69, 9.17) is 11.6 Å². The van der Waals surface area contributed by atoms with Crippen molar-refractivity contribution in [3.8, 4) is 0 Å². The number of halogens is 1. The molecule has 4 rings (SSSR count). The molecule has 3 aromatic rings. The van der Waals surface area contributed by atoms with Crippen molar-refractivity contribution in [1.29, 1.82) is 0 Å². The molecule has 1 aromatic heterocycles. The zero-order chi connectivity index (χ0) is 28.3. The highest BCUT2D eigenvalue weighted by Gasteiger charge is 2.33. The Hall–Kier alpha value is -3.71. The summed E-state index contributed by atoms with van der Waals surface area (Å²) in [4.78, 5) is 45.9. The molecule has 1 aliphatic rings. The van der Waals surface area contributed by atoms with Gasteiger partial charge in [0.2, 0.25) is 17.7 Å². The molecular weight excluding hydrogens is 524 g/mol. The Balaban J connectivity index is 1.55. The quantitative estimate of drug-likeness (QED) is 0.285. The molecule has 0 aliphatic heterocycles. The number of carbonyl (C=O) groups excluding carboxylic acids is 3. The van der Waals surface area contributed by atoms with Gasteiger partial charge in [0.25, 0.3) is 0 Å². The summed E-state index contributed by atoms with van der Waals surface area (Å²) in [6.45, 7) is 2.17. The normalized spacial score (nSPS) is 14.2. The molecule has 8 heteroatoms. The lowest BCUT2D eigenvalue weighted by Gasteiger charge is -2.34. The van der Waals surface area contributed by atoms with Gasteiger partial charge in [-0.15, -0.1) is 0 Å². The molecule has 1 atom stereocenters.